The number of hydrogen-bond donors (Lipinski definition) is 0. The van der Waals surface area contributed by atoms with Gasteiger partial charge in [-0.05, 0) is 77.8 Å². The van der Waals surface area contributed by atoms with Crippen LogP contribution >= 0.6 is 0 Å². The first-order chi connectivity index (χ1) is 12.6. The summed E-state index contributed by atoms with van der Waals surface area (Å²) in [5.41, 5.74) is 4.64. The van der Waals surface area contributed by atoms with Gasteiger partial charge >= 0.3 is 0 Å². The molecule has 3 aromatic rings. The van der Waals surface area contributed by atoms with Crippen molar-refractivity contribution in [3.8, 4) is 0 Å². The molecule has 2 nitrogen and oxygen atoms in total. The van der Waals surface area contributed by atoms with Gasteiger partial charge in [0, 0.05) is 6.08 Å². The van der Waals surface area contributed by atoms with Crippen molar-refractivity contribution < 1.29 is 9.53 Å². The number of hydrogen-bond acceptors (Lipinski definition) is 2. The van der Waals surface area contributed by atoms with Crippen LogP contribution in [0.15, 0.2) is 54.8 Å². The minimum atomic E-state index is -0.236. The highest BCUT2D eigenvalue weighted by molar-refractivity contribution is 6.10. The van der Waals surface area contributed by atoms with Crippen LogP contribution in [0, 0.1) is 6.92 Å². The van der Waals surface area contributed by atoms with Crippen LogP contribution in [0.3, 0.4) is 0 Å². The molecule has 5 rings (SSSR count). The molecule has 0 spiro atoms. The Morgan fingerprint density at radius 3 is 2.54 bits per heavy atom. The van der Waals surface area contributed by atoms with Crippen molar-refractivity contribution in [2.24, 2.45) is 0 Å². The molecule has 0 amide bonds. The molecule has 3 aromatic carbocycles. The van der Waals surface area contributed by atoms with Gasteiger partial charge in [0.1, 0.15) is 0 Å². The maximum absolute atomic E-state index is 10.4. The van der Waals surface area contributed by atoms with Gasteiger partial charge in [-0.25, -0.2) is 0 Å². The highest BCUT2D eigenvalue weighted by Crippen LogP contribution is 2.35. The predicted octanol–water partition coefficient (Wildman–Crippen LogP) is 5.67. The molecule has 0 fully saturated rings. The summed E-state index contributed by atoms with van der Waals surface area (Å²) in [5, 5.41) is 5.73. The van der Waals surface area contributed by atoms with E-state index in [1.807, 2.05) is 0 Å². The summed E-state index contributed by atoms with van der Waals surface area (Å²) in [4.78, 5) is 10.4. The lowest BCUT2D eigenvalue weighted by Crippen LogP contribution is -2.09. The third-order valence-electron chi connectivity index (χ3n) is 5.47. The fraction of sp³-hybridized carbons (Fsp3) is 0.292. The number of aryl methyl sites for hydroxylation is 3. The fourth-order valence-corrected chi connectivity index (χ4v) is 4.10. The number of fused-ring (bicyclic) bond motifs is 5. The Kier molecular flexibility index (Phi) is 4.50. The molecule has 1 atom stereocenters. The maximum Gasteiger partial charge on any atom is 0.198 e. The molecule has 1 aliphatic heterocycles. The summed E-state index contributed by atoms with van der Waals surface area (Å²) in [6.07, 6.45) is 7.84. The molecule has 1 heterocycles. The van der Waals surface area contributed by atoms with Gasteiger partial charge in [-0.3, -0.25) is 4.79 Å². The van der Waals surface area contributed by atoms with Crippen molar-refractivity contribution in [3.05, 3.63) is 71.5 Å². The number of carbonyl (C=O) groups is 1. The zero-order valence-electron chi connectivity index (χ0n) is 15.4. The summed E-state index contributed by atoms with van der Waals surface area (Å²) < 4.78 is 4.73. The average Bonchev–Trinajstić information content (AvgIpc) is 3.04. The lowest BCUT2D eigenvalue weighted by atomic mass is 9.85. The van der Waals surface area contributed by atoms with E-state index in [9.17, 15) is 4.79 Å². The molecule has 0 bridgehead atoms. The quantitative estimate of drug-likeness (QED) is 0.491. The third-order valence-corrected chi connectivity index (χ3v) is 5.47. The Hall–Kier alpha value is -2.61. The van der Waals surface area contributed by atoms with Crippen molar-refractivity contribution >= 4 is 27.3 Å². The van der Waals surface area contributed by atoms with E-state index in [1.165, 1.54) is 65.1 Å². The Morgan fingerprint density at radius 1 is 1.00 bits per heavy atom. The molecule has 0 saturated heterocycles. The molecule has 26 heavy (non-hydrogen) atoms. The first-order valence-corrected chi connectivity index (χ1v) is 9.44. The van der Waals surface area contributed by atoms with Gasteiger partial charge in [0.25, 0.3) is 0 Å². The molecule has 0 aromatic heterocycles. The monoisotopic (exact) mass is 344 g/mol. The minimum Gasteiger partial charge on any atom is -0.490 e. The molecule has 0 radical (unpaired) electrons. The SMILES string of the molecule is CC1OC=CC1=O.Cc1cc2ccccc2c2ccc3c(c12)CCCC3. The number of benzene rings is 3. The largest absolute Gasteiger partial charge is 0.490 e. The Labute approximate surface area is 154 Å². The van der Waals surface area contributed by atoms with E-state index in [0.29, 0.717) is 0 Å². The van der Waals surface area contributed by atoms with Crippen molar-refractivity contribution in [1.29, 1.82) is 0 Å². The lowest BCUT2D eigenvalue weighted by molar-refractivity contribution is -0.119. The van der Waals surface area contributed by atoms with Gasteiger partial charge in [0.05, 0.1) is 6.26 Å². The molecule has 1 unspecified atom stereocenters. The molecule has 0 saturated carbocycles. The van der Waals surface area contributed by atoms with Crippen LogP contribution in [0.2, 0.25) is 0 Å². The zero-order chi connectivity index (χ0) is 18.1. The van der Waals surface area contributed by atoms with Crippen LogP contribution in [-0.2, 0) is 22.4 Å². The van der Waals surface area contributed by atoms with Gasteiger partial charge in [-0.2, -0.15) is 0 Å². The third kappa shape index (κ3) is 3.01. The molecule has 132 valence electrons. The Morgan fingerprint density at radius 2 is 1.81 bits per heavy atom. The van der Waals surface area contributed by atoms with E-state index in [2.05, 4.69) is 49.4 Å². The zero-order valence-corrected chi connectivity index (χ0v) is 15.4. The van der Waals surface area contributed by atoms with Gasteiger partial charge in [-0.15, -0.1) is 0 Å². The summed E-state index contributed by atoms with van der Waals surface area (Å²) >= 11 is 0. The second-order valence-electron chi connectivity index (χ2n) is 7.23. The highest BCUT2D eigenvalue weighted by Gasteiger charge is 2.15. The van der Waals surface area contributed by atoms with Crippen LogP contribution in [0.1, 0.15) is 36.5 Å². The van der Waals surface area contributed by atoms with Crippen molar-refractivity contribution in [3.63, 3.8) is 0 Å². The Balaban J connectivity index is 0.000000204. The second kappa shape index (κ2) is 6.95. The molecular weight excluding hydrogens is 320 g/mol. The predicted molar refractivity (Wildman–Crippen MR) is 108 cm³/mol. The lowest BCUT2D eigenvalue weighted by Gasteiger charge is -2.20. The van der Waals surface area contributed by atoms with E-state index in [1.54, 1.807) is 18.1 Å². The molecule has 1 aliphatic carbocycles. The standard InChI is InChI=1S/C19H18.C5H6O2/c1-13-12-15-7-3-4-8-16(15)18-11-10-14-6-2-5-9-17(14)19(13)18;1-4-5(6)2-3-7-4/h3-4,7-8,10-12H,2,5-6,9H2,1H3;2-4H,1H3. The van der Waals surface area contributed by atoms with Crippen LogP contribution in [-0.4, -0.2) is 11.9 Å². The molecule has 2 heteroatoms. The first kappa shape index (κ1) is 16.8. The molecule has 2 aliphatic rings. The highest BCUT2D eigenvalue weighted by atomic mass is 16.5. The van der Waals surface area contributed by atoms with E-state index < -0.39 is 0 Å². The maximum atomic E-state index is 10.4. The summed E-state index contributed by atoms with van der Waals surface area (Å²) in [7, 11) is 0. The summed E-state index contributed by atoms with van der Waals surface area (Å²) in [6, 6.07) is 15.8. The van der Waals surface area contributed by atoms with E-state index >= 15 is 0 Å². The van der Waals surface area contributed by atoms with Gasteiger partial charge < -0.3 is 4.74 Å². The van der Waals surface area contributed by atoms with Gasteiger partial charge in [-0.1, -0.05) is 42.5 Å². The van der Waals surface area contributed by atoms with E-state index in [0.717, 1.165) is 0 Å². The van der Waals surface area contributed by atoms with Gasteiger partial charge in [0.2, 0.25) is 0 Å². The number of ketones is 1. The second-order valence-corrected chi connectivity index (χ2v) is 7.23. The minimum absolute atomic E-state index is 0.0556. The van der Waals surface area contributed by atoms with Crippen molar-refractivity contribution in [2.75, 3.05) is 0 Å². The van der Waals surface area contributed by atoms with Crippen LogP contribution in [0.25, 0.3) is 21.5 Å². The molecule has 0 N–H and O–H groups in total. The normalized spacial score (nSPS) is 18.4. The number of rotatable bonds is 0. The Bertz CT molecular complexity index is 1010. The van der Waals surface area contributed by atoms with E-state index in [4.69, 9.17) is 4.74 Å². The van der Waals surface area contributed by atoms with Crippen LogP contribution in [0.5, 0.6) is 0 Å². The van der Waals surface area contributed by atoms with E-state index in [-0.39, 0.29) is 11.9 Å². The fourth-order valence-electron chi connectivity index (χ4n) is 4.10. The van der Waals surface area contributed by atoms with Crippen LogP contribution in [0.4, 0.5) is 0 Å². The summed E-state index contributed by atoms with van der Waals surface area (Å²) in [5.74, 6) is 0.0556. The molecular formula is C24H24O2. The average molecular weight is 344 g/mol. The number of carbonyl (C=O) groups excluding carboxylic acids is 1. The van der Waals surface area contributed by atoms with Gasteiger partial charge in [0.15, 0.2) is 11.9 Å². The smallest absolute Gasteiger partial charge is 0.198 e. The van der Waals surface area contributed by atoms with Crippen LogP contribution < -0.4 is 0 Å². The summed E-state index contributed by atoms with van der Waals surface area (Å²) in [6.45, 7) is 3.99. The topological polar surface area (TPSA) is 26.3 Å². The van der Waals surface area contributed by atoms with Crippen molar-refractivity contribution in [1.82, 2.24) is 0 Å². The van der Waals surface area contributed by atoms with Crippen molar-refractivity contribution in [2.45, 2.75) is 45.6 Å². The first-order valence-electron chi connectivity index (χ1n) is 9.44. The number of ether oxygens (including phenoxy) is 1.